The highest BCUT2D eigenvalue weighted by molar-refractivity contribution is 8.14. The molecule has 3 aromatic rings. The van der Waals surface area contributed by atoms with E-state index in [1.54, 1.807) is 44.7 Å². The second-order valence-electron chi connectivity index (χ2n) is 7.52. The summed E-state index contributed by atoms with van der Waals surface area (Å²) in [6.45, 7) is 1.95. The Morgan fingerprint density at radius 3 is 2.59 bits per heavy atom. The lowest BCUT2D eigenvalue weighted by Crippen LogP contribution is -2.43. The standard InChI is InChI=1S/C25H24N4O4S/c1-16-7-6-8-18(13-16)23(27-24(30)19-9-4-5-12-26-19)29-25(31)34-15-20(28-29)17-10-11-21(32-2)22(14-17)33-3/h4-14,23H,15H2,1-3H3,(H,27,30). The Morgan fingerprint density at radius 2 is 1.88 bits per heavy atom. The molecule has 1 N–H and O–H groups in total. The van der Waals surface area contributed by atoms with E-state index in [2.05, 4.69) is 15.4 Å². The van der Waals surface area contributed by atoms with Crippen LogP contribution in [0, 0.1) is 6.92 Å². The number of nitrogens with one attached hydrogen (secondary N) is 1. The van der Waals surface area contributed by atoms with Crippen molar-refractivity contribution < 1.29 is 19.1 Å². The summed E-state index contributed by atoms with van der Waals surface area (Å²) in [5.74, 6) is 1.15. The van der Waals surface area contributed by atoms with E-state index in [0.717, 1.165) is 28.5 Å². The SMILES string of the molecule is COc1ccc(C2=NN(C(NC(=O)c3ccccn3)c3cccc(C)c3)C(=O)SC2)cc1OC. The van der Waals surface area contributed by atoms with Gasteiger partial charge in [-0.2, -0.15) is 10.1 Å². The van der Waals surface area contributed by atoms with E-state index in [9.17, 15) is 9.59 Å². The number of rotatable bonds is 7. The van der Waals surface area contributed by atoms with Crippen LogP contribution < -0.4 is 14.8 Å². The number of carbonyl (C=O) groups is 2. The van der Waals surface area contributed by atoms with Crippen LogP contribution in [0.3, 0.4) is 0 Å². The summed E-state index contributed by atoms with van der Waals surface area (Å²) in [6, 6.07) is 18.2. The van der Waals surface area contributed by atoms with Crippen LogP contribution in [0.1, 0.15) is 33.3 Å². The van der Waals surface area contributed by atoms with Crippen molar-refractivity contribution in [1.29, 1.82) is 0 Å². The fourth-order valence-electron chi connectivity index (χ4n) is 3.54. The van der Waals surface area contributed by atoms with Crippen molar-refractivity contribution in [1.82, 2.24) is 15.3 Å². The molecule has 2 heterocycles. The lowest BCUT2D eigenvalue weighted by molar-refractivity contribution is 0.0882. The number of thioether (sulfide) groups is 1. The van der Waals surface area contributed by atoms with Crippen LogP contribution in [-0.2, 0) is 0 Å². The Balaban J connectivity index is 1.73. The van der Waals surface area contributed by atoms with Gasteiger partial charge in [0.2, 0.25) is 0 Å². The van der Waals surface area contributed by atoms with E-state index >= 15 is 0 Å². The minimum Gasteiger partial charge on any atom is -0.493 e. The number of aryl methyl sites for hydroxylation is 1. The second-order valence-corrected chi connectivity index (χ2v) is 8.45. The molecule has 4 rings (SSSR count). The highest BCUT2D eigenvalue weighted by atomic mass is 32.2. The van der Waals surface area contributed by atoms with E-state index in [0.29, 0.717) is 23.0 Å². The molecule has 0 spiro atoms. The Kier molecular flexibility index (Phi) is 7.12. The van der Waals surface area contributed by atoms with Gasteiger partial charge in [0.15, 0.2) is 17.7 Å². The Bertz CT molecular complexity index is 1230. The summed E-state index contributed by atoms with van der Waals surface area (Å²) in [7, 11) is 3.14. The minimum atomic E-state index is -0.815. The molecule has 0 bridgehead atoms. The van der Waals surface area contributed by atoms with Gasteiger partial charge in [0, 0.05) is 17.5 Å². The molecule has 1 unspecified atom stereocenters. The van der Waals surface area contributed by atoms with E-state index in [-0.39, 0.29) is 10.9 Å². The minimum absolute atomic E-state index is 0.251. The van der Waals surface area contributed by atoms with Gasteiger partial charge < -0.3 is 14.8 Å². The quantitative estimate of drug-likeness (QED) is 0.543. The zero-order chi connectivity index (χ0) is 24.1. The van der Waals surface area contributed by atoms with Crippen molar-refractivity contribution in [3.8, 4) is 11.5 Å². The Morgan fingerprint density at radius 1 is 1.06 bits per heavy atom. The molecule has 1 aliphatic rings. The van der Waals surface area contributed by atoms with Crippen molar-refractivity contribution in [2.24, 2.45) is 5.10 Å². The molecule has 2 aromatic carbocycles. The normalized spacial score (nSPS) is 14.3. The topological polar surface area (TPSA) is 93.1 Å². The van der Waals surface area contributed by atoms with Gasteiger partial charge in [0.25, 0.3) is 5.91 Å². The zero-order valence-corrected chi connectivity index (χ0v) is 19.8. The number of aromatic nitrogens is 1. The summed E-state index contributed by atoms with van der Waals surface area (Å²) in [5.41, 5.74) is 3.45. The first-order valence-electron chi connectivity index (χ1n) is 10.5. The predicted octanol–water partition coefficient (Wildman–Crippen LogP) is 4.41. The van der Waals surface area contributed by atoms with Crippen molar-refractivity contribution in [3.63, 3.8) is 0 Å². The van der Waals surface area contributed by atoms with Crippen LogP contribution in [0.5, 0.6) is 11.5 Å². The van der Waals surface area contributed by atoms with Crippen LogP contribution in [0.4, 0.5) is 4.79 Å². The van der Waals surface area contributed by atoms with Crippen LogP contribution in [0.25, 0.3) is 0 Å². The van der Waals surface area contributed by atoms with Gasteiger partial charge >= 0.3 is 5.24 Å². The van der Waals surface area contributed by atoms with Crippen molar-refractivity contribution in [3.05, 3.63) is 89.2 Å². The number of hydrogen-bond donors (Lipinski definition) is 1. The van der Waals surface area contributed by atoms with E-state index < -0.39 is 12.1 Å². The molecule has 2 amide bonds. The number of nitrogens with zero attached hydrogens (tertiary/aromatic N) is 3. The number of hydrogen-bond acceptors (Lipinski definition) is 7. The first-order chi connectivity index (χ1) is 16.5. The average molecular weight is 477 g/mol. The van der Waals surface area contributed by atoms with Gasteiger partial charge in [-0.25, -0.2) is 0 Å². The third kappa shape index (κ3) is 5.04. The van der Waals surface area contributed by atoms with Gasteiger partial charge in [-0.05, 0) is 42.8 Å². The number of ether oxygens (including phenoxy) is 2. The molecule has 9 heteroatoms. The molecule has 0 aliphatic carbocycles. The van der Waals surface area contributed by atoms with Gasteiger partial charge in [-0.3, -0.25) is 14.6 Å². The first kappa shape index (κ1) is 23.3. The fraction of sp³-hybridized carbons (Fsp3) is 0.200. The summed E-state index contributed by atoms with van der Waals surface area (Å²) in [5, 5.41) is 8.64. The first-order valence-corrected chi connectivity index (χ1v) is 11.5. The lowest BCUT2D eigenvalue weighted by Gasteiger charge is -2.31. The highest BCUT2D eigenvalue weighted by Gasteiger charge is 2.32. The summed E-state index contributed by atoms with van der Waals surface area (Å²) < 4.78 is 10.7. The van der Waals surface area contributed by atoms with Gasteiger partial charge in [0.05, 0.1) is 19.9 Å². The third-order valence-electron chi connectivity index (χ3n) is 5.23. The Hall–Kier alpha value is -3.85. The van der Waals surface area contributed by atoms with Crippen molar-refractivity contribution in [2.45, 2.75) is 13.1 Å². The highest BCUT2D eigenvalue weighted by Crippen LogP contribution is 2.32. The lowest BCUT2D eigenvalue weighted by atomic mass is 10.1. The molecule has 0 saturated carbocycles. The van der Waals surface area contributed by atoms with Gasteiger partial charge in [-0.15, -0.1) is 0 Å². The maximum atomic E-state index is 13.0. The number of hydrazone groups is 1. The predicted molar refractivity (Wildman–Crippen MR) is 131 cm³/mol. The summed E-state index contributed by atoms with van der Waals surface area (Å²) >= 11 is 1.12. The maximum Gasteiger partial charge on any atom is 0.304 e. The molecule has 1 aliphatic heterocycles. The molecule has 0 radical (unpaired) electrons. The molecule has 1 atom stereocenters. The second kappa shape index (κ2) is 10.4. The number of amides is 2. The van der Waals surface area contributed by atoms with Crippen LogP contribution in [-0.4, -0.2) is 46.8 Å². The van der Waals surface area contributed by atoms with E-state index in [1.807, 2.05) is 43.3 Å². The van der Waals surface area contributed by atoms with E-state index in [4.69, 9.17) is 9.47 Å². The number of methoxy groups -OCH3 is 2. The monoisotopic (exact) mass is 476 g/mol. The fourth-order valence-corrected chi connectivity index (χ4v) is 4.30. The van der Waals surface area contributed by atoms with Crippen LogP contribution >= 0.6 is 11.8 Å². The summed E-state index contributed by atoms with van der Waals surface area (Å²) in [4.78, 5) is 30.1. The zero-order valence-electron chi connectivity index (χ0n) is 19.0. The largest absolute Gasteiger partial charge is 0.493 e. The van der Waals surface area contributed by atoms with Crippen LogP contribution in [0.2, 0.25) is 0 Å². The van der Waals surface area contributed by atoms with Crippen molar-refractivity contribution in [2.75, 3.05) is 20.0 Å². The average Bonchev–Trinajstić information content (AvgIpc) is 2.87. The molecule has 8 nitrogen and oxygen atoms in total. The Labute approximate surface area is 202 Å². The van der Waals surface area contributed by atoms with E-state index in [1.165, 1.54) is 5.01 Å². The maximum absolute atomic E-state index is 13.0. The van der Waals surface area contributed by atoms with Gasteiger partial charge in [0.1, 0.15) is 5.69 Å². The van der Waals surface area contributed by atoms with Crippen molar-refractivity contribution >= 4 is 28.6 Å². The smallest absolute Gasteiger partial charge is 0.304 e. The molecule has 34 heavy (non-hydrogen) atoms. The molecule has 0 saturated heterocycles. The summed E-state index contributed by atoms with van der Waals surface area (Å²) in [6.07, 6.45) is 0.732. The molecular weight excluding hydrogens is 452 g/mol. The number of pyridine rings is 1. The van der Waals surface area contributed by atoms with Crippen LogP contribution in [0.15, 0.2) is 72.0 Å². The van der Waals surface area contributed by atoms with Gasteiger partial charge in [-0.1, -0.05) is 47.7 Å². The molecule has 0 fully saturated rings. The molecule has 174 valence electrons. The third-order valence-corrected chi connectivity index (χ3v) is 6.08. The number of benzene rings is 2. The molecular formula is C25H24N4O4S. The number of carbonyl (C=O) groups excluding carboxylic acids is 2. The molecule has 1 aromatic heterocycles.